The lowest BCUT2D eigenvalue weighted by molar-refractivity contribution is -0.384. The third kappa shape index (κ3) is 3.72. The summed E-state index contributed by atoms with van der Waals surface area (Å²) in [6.07, 6.45) is 3.34. The Labute approximate surface area is 108 Å². The summed E-state index contributed by atoms with van der Waals surface area (Å²) in [5.41, 5.74) is 0.536. The Balaban J connectivity index is 2.54. The number of aromatic nitrogens is 2. The van der Waals surface area contributed by atoms with Crippen LogP contribution in [0.1, 0.15) is 38.8 Å². The van der Waals surface area contributed by atoms with E-state index in [0.717, 1.165) is 19.4 Å². The smallest absolute Gasteiger partial charge is 0.333 e. The molecule has 1 aromatic heterocycles. The van der Waals surface area contributed by atoms with Gasteiger partial charge in [0.2, 0.25) is 5.82 Å². The van der Waals surface area contributed by atoms with E-state index in [2.05, 4.69) is 24.3 Å². The van der Waals surface area contributed by atoms with E-state index in [0.29, 0.717) is 17.4 Å². The van der Waals surface area contributed by atoms with E-state index in [9.17, 15) is 10.1 Å². The van der Waals surface area contributed by atoms with Gasteiger partial charge >= 0.3 is 5.69 Å². The van der Waals surface area contributed by atoms with Crippen molar-refractivity contribution < 1.29 is 4.92 Å². The molecule has 1 rings (SSSR count). The van der Waals surface area contributed by atoms with Crippen molar-refractivity contribution in [2.24, 2.45) is 13.0 Å². The summed E-state index contributed by atoms with van der Waals surface area (Å²) in [5.74, 6) is 1.21. The van der Waals surface area contributed by atoms with Crippen LogP contribution in [0.5, 0.6) is 0 Å². The Morgan fingerprint density at radius 3 is 2.67 bits per heavy atom. The van der Waals surface area contributed by atoms with Crippen LogP contribution in [0.15, 0.2) is 0 Å². The molecular formula is C12H22N4O2. The van der Waals surface area contributed by atoms with E-state index < -0.39 is 0 Å². The first-order valence-electron chi connectivity index (χ1n) is 6.35. The molecule has 0 aliphatic carbocycles. The molecule has 1 heterocycles. The molecule has 102 valence electrons. The number of nitro groups is 1. The van der Waals surface area contributed by atoms with E-state index in [1.807, 2.05) is 0 Å². The first-order valence-corrected chi connectivity index (χ1v) is 6.35. The number of hydrogen-bond acceptors (Lipinski definition) is 4. The summed E-state index contributed by atoms with van der Waals surface area (Å²) in [6, 6.07) is 0. The van der Waals surface area contributed by atoms with Crippen molar-refractivity contribution in [3.05, 3.63) is 15.8 Å². The van der Waals surface area contributed by atoms with Gasteiger partial charge in [-0.15, -0.1) is 0 Å². The number of hydrogen-bond donors (Lipinski definition) is 1. The number of rotatable bonds is 7. The molecule has 0 aliphatic rings. The minimum absolute atomic E-state index is 0.0846. The monoisotopic (exact) mass is 254 g/mol. The normalized spacial score (nSPS) is 10.9. The molecule has 0 amide bonds. The van der Waals surface area contributed by atoms with Crippen LogP contribution in [0, 0.1) is 23.0 Å². The van der Waals surface area contributed by atoms with Crippen molar-refractivity contribution in [1.29, 1.82) is 0 Å². The maximum atomic E-state index is 10.9. The molecule has 0 unspecified atom stereocenters. The van der Waals surface area contributed by atoms with Gasteiger partial charge in [-0.2, -0.15) is 5.10 Å². The fraction of sp³-hybridized carbons (Fsp3) is 0.750. The lowest BCUT2D eigenvalue weighted by atomic mass is 10.1. The van der Waals surface area contributed by atoms with Gasteiger partial charge in [-0.25, -0.2) is 4.68 Å². The first-order chi connectivity index (χ1) is 8.43. The SMILES string of the molecule is Cc1nn(C)c(NCCCCC(C)C)c1[N+](=O)[O-]. The predicted octanol–water partition coefficient (Wildman–Crippen LogP) is 2.87. The molecule has 0 fully saturated rings. The lowest BCUT2D eigenvalue weighted by Crippen LogP contribution is -2.08. The quantitative estimate of drug-likeness (QED) is 0.461. The van der Waals surface area contributed by atoms with Gasteiger partial charge in [0.15, 0.2) is 0 Å². The summed E-state index contributed by atoms with van der Waals surface area (Å²) < 4.78 is 1.54. The fourth-order valence-electron chi connectivity index (χ4n) is 1.95. The van der Waals surface area contributed by atoms with Gasteiger partial charge in [-0.05, 0) is 19.3 Å². The Bertz CT molecular complexity index is 412. The van der Waals surface area contributed by atoms with E-state index in [1.165, 1.54) is 11.1 Å². The van der Waals surface area contributed by atoms with Gasteiger partial charge in [0.25, 0.3) is 0 Å². The van der Waals surface area contributed by atoms with Gasteiger partial charge in [0.1, 0.15) is 5.69 Å². The molecule has 0 aliphatic heterocycles. The Morgan fingerprint density at radius 2 is 2.11 bits per heavy atom. The first kappa shape index (κ1) is 14.5. The number of nitrogens with zero attached hydrogens (tertiary/aromatic N) is 3. The molecular weight excluding hydrogens is 232 g/mol. The van der Waals surface area contributed by atoms with Crippen molar-refractivity contribution in [2.45, 2.75) is 40.0 Å². The zero-order chi connectivity index (χ0) is 13.7. The molecule has 0 aromatic carbocycles. The predicted molar refractivity (Wildman–Crippen MR) is 71.8 cm³/mol. The molecule has 6 nitrogen and oxygen atoms in total. The van der Waals surface area contributed by atoms with Crippen LogP contribution in [-0.2, 0) is 7.05 Å². The van der Waals surface area contributed by atoms with E-state index in [4.69, 9.17) is 0 Å². The number of aryl methyl sites for hydroxylation is 2. The van der Waals surface area contributed by atoms with Crippen LogP contribution >= 0.6 is 0 Å². The molecule has 0 saturated heterocycles. The molecule has 0 saturated carbocycles. The molecule has 0 radical (unpaired) electrons. The highest BCUT2D eigenvalue weighted by atomic mass is 16.6. The Kier molecular flexibility index (Phi) is 5.12. The maximum absolute atomic E-state index is 10.9. The molecule has 0 atom stereocenters. The van der Waals surface area contributed by atoms with E-state index >= 15 is 0 Å². The van der Waals surface area contributed by atoms with Crippen molar-refractivity contribution in [3.63, 3.8) is 0 Å². The summed E-state index contributed by atoms with van der Waals surface area (Å²) in [4.78, 5) is 10.6. The van der Waals surface area contributed by atoms with Gasteiger partial charge in [-0.1, -0.05) is 26.7 Å². The van der Waals surface area contributed by atoms with Gasteiger partial charge in [0.05, 0.1) is 4.92 Å². The summed E-state index contributed by atoms with van der Waals surface area (Å²) in [6.45, 7) is 6.79. The van der Waals surface area contributed by atoms with Crippen molar-refractivity contribution in [1.82, 2.24) is 9.78 Å². The molecule has 1 aromatic rings. The van der Waals surface area contributed by atoms with Crippen LogP contribution in [-0.4, -0.2) is 21.2 Å². The average molecular weight is 254 g/mol. The van der Waals surface area contributed by atoms with Crippen LogP contribution in [0.25, 0.3) is 0 Å². The summed E-state index contributed by atoms with van der Waals surface area (Å²) in [5, 5.41) is 18.1. The highest BCUT2D eigenvalue weighted by Gasteiger charge is 2.23. The van der Waals surface area contributed by atoms with Crippen molar-refractivity contribution >= 4 is 11.5 Å². The third-order valence-electron chi connectivity index (χ3n) is 2.87. The van der Waals surface area contributed by atoms with Crippen molar-refractivity contribution in [3.8, 4) is 0 Å². The zero-order valence-corrected chi connectivity index (χ0v) is 11.6. The third-order valence-corrected chi connectivity index (χ3v) is 2.87. The summed E-state index contributed by atoms with van der Waals surface area (Å²) in [7, 11) is 1.72. The standard InChI is InChI=1S/C12H22N4O2/c1-9(2)7-5-6-8-13-12-11(16(17)18)10(3)14-15(12)4/h9,13H,5-8H2,1-4H3. The minimum atomic E-state index is -0.376. The van der Waals surface area contributed by atoms with Crippen LogP contribution in [0.4, 0.5) is 11.5 Å². The van der Waals surface area contributed by atoms with E-state index in [-0.39, 0.29) is 10.6 Å². The Morgan fingerprint density at radius 1 is 1.44 bits per heavy atom. The van der Waals surface area contributed by atoms with Crippen LogP contribution in [0.2, 0.25) is 0 Å². The van der Waals surface area contributed by atoms with Crippen LogP contribution in [0.3, 0.4) is 0 Å². The van der Waals surface area contributed by atoms with Crippen LogP contribution < -0.4 is 5.32 Å². The average Bonchev–Trinajstić information content (AvgIpc) is 2.52. The number of unbranched alkanes of at least 4 members (excludes halogenated alkanes) is 1. The highest BCUT2D eigenvalue weighted by Crippen LogP contribution is 2.27. The molecule has 6 heteroatoms. The number of nitrogens with one attached hydrogen (secondary N) is 1. The molecule has 0 bridgehead atoms. The van der Waals surface area contributed by atoms with Crippen molar-refractivity contribution in [2.75, 3.05) is 11.9 Å². The topological polar surface area (TPSA) is 73.0 Å². The van der Waals surface area contributed by atoms with E-state index in [1.54, 1.807) is 14.0 Å². The zero-order valence-electron chi connectivity index (χ0n) is 11.6. The second-order valence-corrected chi connectivity index (χ2v) is 4.98. The maximum Gasteiger partial charge on any atom is 0.333 e. The Hall–Kier alpha value is -1.59. The number of anilines is 1. The minimum Gasteiger partial charge on any atom is -0.365 e. The highest BCUT2D eigenvalue weighted by molar-refractivity contribution is 5.59. The molecule has 18 heavy (non-hydrogen) atoms. The largest absolute Gasteiger partial charge is 0.365 e. The van der Waals surface area contributed by atoms with Gasteiger partial charge in [-0.3, -0.25) is 10.1 Å². The molecule has 0 spiro atoms. The second kappa shape index (κ2) is 6.37. The molecule has 1 N–H and O–H groups in total. The summed E-state index contributed by atoms with van der Waals surface area (Å²) >= 11 is 0. The lowest BCUT2D eigenvalue weighted by Gasteiger charge is -2.07. The van der Waals surface area contributed by atoms with Gasteiger partial charge < -0.3 is 5.32 Å². The second-order valence-electron chi connectivity index (χ2n) is 4.98. The fourth-order valence-corrected chi connectivity index (χ4v) is 1.95. The van der Waals surface area contributed by atoms with Gasteiger partial charge in [0, 0.05) is 13.6 Å².